The summed E-state index contributed by atoms with van der Waals surface area (Å²) in [6.07, 6.45) is 4.24. The van der Waals surface area contributed by atoms with E-state index in [1.165, 1.54) is 19.2 Å². The van der Waals surface area contributed by atoms with Crippen LogP contribution in [0, 0.1) is 15.5 Å². The number of amides is 2. The van der Waals surface area contributed by atoms with Gasteiger partial charge in [-0.05, 0) is 36.8 Å². The molecule has 5 rings (SSSR count). The molecular weight excluding hydrogens is 512 g/mol. The maximum Gasteiger partial charge on any atom is 0.270 e. The van der Waals surface area contributed by atoms with Gasteiger partial charge >= 0.3 is 0 Å². The Morgan fingerprint density at radius 2 is 1.84 bits per heavy atom. The van der Waals surface area contributed by atoms with Gasteiger partial charge in [-0.1, -0.05) is 23.7 Å². The van der Waals surface area contributed by atoms with E-state index in [4.69, 9.17) is 16.3 Å². The fourth-order valence-electron chi connectivity index (χ4n) is 5.24. The summed E-state index contributed by atoms with van der Waals surface area (Å²) in [6.45, 7) is 2.63. The molecule has 2 amide bonds. The van der Waals surface area contributed by atoms with Crippen LogP contribution >= 0.6 is 11.6 Å². The van der Waals surface area contributed by atoms with Crippen molar-refractivity contribution in [3.05, 3.63) is 69.5 Å². The van der Waals surface area contributed by atoms with Crippen LogP contribution in [0.15, 0.2) is 48.7 Å². The van der Waals surface area contributed by atoms with E-state index >= 15 is 0 Å². The van der Waals surface area contributed by atoms with Crippen molar-refractivity contribution in [3.8, 4) is 17.1 Å². The zero-order valence-corrected chi connectivity index (χ0v) is 21.6. The SMILES string of the molecule is COc1cc(C(=O)N2CCC3(CCN(C(=O)Cn4ccc(-c5cccc([N+](=O)[O-])c5)n4)C3)CC2)cc(Cl)n1. The third-order valence-corrected chi connectivity index (χ3v) is 7.61. The molecule has 0 N–H and O–H groups in total. The molecule has 38 heavy (non-hydrogen) atoms. The first-order valence-corrected chi connectivity index (χ1v) is 12.7. The van der Waals surface area contributed by atoms with Crippen molar-refractivity contribution in [2.24, 2.45) is 5.41 Å². The van der Waals surface area contributed by atoms with Crippen molar-refractivity contribution < 1.29 is 19.2 Å². The van der Waals surface area contributed by atoms with Gasteiger partial charge in [0.15, 0.2) is 0 Å². The molecule has 2 aliphatic heterocycles. The van der Waals surface area contributed by atoms with Gasteiger partial charge < -0.3 is 14.5 Å². The number of non-ortho nitro benzene ring substituents is 1. The minimum absolute atomic E-state index is 0.00172. The third kappa shape index (κ3) is 5.33. The van der Waals surface area contributed by atoms with Gasteiger partial charge in [0.25, 0.3) is 11.6 Å². The average molecular weight is 539 g/mol. The molecule has 0 unspecified atom stereocenters. The van der Waals surface area contributed by atoms with Crippen LogP contribution in [-0.4, -0.2) is 74.6 Å². The number of pyridine rings is 1. The van der Waals surface area contributed by atoms with E-state index in [-0.39, 0.29) is 34.6 Å². The van der Waals surface area contributed by atoms with Crippen LogP contribution in [0.3, 0.4) is 0 Å². The second-order valence-corrected chi connectivity index (χ2v) is 10.2. The van der Waals surface area contributed by atoms with Crippen molar-refractivity contribution in [2.75, 3.05) is 33.3 Å². The Bertz CT molecular complexity index is 1380. The lowest BCUT2D eigenvalue weighted by Crippen LogP contribution is -2.45. The highest BCUT2D eigenvalue weighted by atomic mass is 35.5. The zero-order valence-electron chi connectivity index (χ0n) is 20.9. The van der Waals surface area contributed by atoms with Crippen LogP contribution < -0.4 is 4.74 Å². The number of carbonyl (C=O) groups is 2. The molecule has 0 aliphatic carbocycles. The summed E-state index contributed by atoms with van der Waals surface area (Å²) in [5.41, 5.74) is 1.64. The summed E-state index contributed by atoms with van der Waals surface area (Å²) in [5.74, 6) is 0.174. The maximum absolute atomic E-state index is 13.1. The molecule has 2 fully saturated rings. The number of piperidine rings is 1. The summed E-state index contributed by atoms with van der Waals surface area (Å²) < 4.78 is 6.70. The molecule has 12 heteroatoms. The first kappa shape index (κ1) is 25.7. The summed E-state index contributed by atoms with van der Waals surface area (Å²) in [4.78, 5) is 44.4. The number of nitro groups is 1. The molecule has 0 radical (unpaired) electrons. The fraction of sp³-hybridized carbons (Fsp3) is 0.385. The number of methoxy groups -OCH3 is 1. The fourth-order valence-corrected chi connectivity index (χ4v) is 5.45. The third-order valence-electron chi connectivity index (χ3n) is 7.42. The van der Waals surface area contributed by atoms with Crippen molar-refractivity contribution in [2.45, 2.75) is 25.8 Å². The Kier molecular flexibility index (Phi) is 7.02. The number of nitro benzene ring substituents is 1. The number of likely N-dealkylation sites (tertiary alicyclic amines) is 2. The van der Waals surface area contributed by atoms with E-state index in [9.17, 15) is 19.7 Å². The Morgan fingerprint density at radius 3 is 2.55 bits per heavy atom. The van der Waals surface area contributed by atoms with Crippen LogP contribution in [0.1, 0.15) is 29.6 Å². The van der Waals surface area contributed by atoms with Crippen LogP contribution in [0.5, 0.6) is 5.88 Å². The zero-order chi connectivity index (χ0) is 26.9. The summed E-state index contributed by atoms with van der Waals surface area (Å²) in [7, 11) is 1.48. The predicted octanol–water partition coefficient (Wildman–Crippen LogP) is 3.67. The number of nitrogens with zero attached hydrogens (tertiary/aromatic N) is 6. The van der Waals surface area contributed by atoms with Gasteiger partial charge in [0.1, 0.15) is 11.7 Å². The molecule has 1 aromatic carbocycles. The number of aromatic nitrogens is 3. The van der Waals surface area contributed by atoms with E-state index in [2.05, 4.69) is 10.1 Å². The largest absolute Gasteiger partial charge is 0.481 e. The number of rotatable bonds is 6. The number of hydrogen-bond acceptors (Lipinski definition) is 7. The number of halogens is 1. The minimum atomic E-state index is -0.445. The summed E-state index contributed by atoms with van der Waals surface area (Å²) in [5, 5.41) is 15.7. The molecule has 198 valence electrons. The standard InChI is InChI=1S/C26H27ClN6O5/c1-38-23-15-19(14-22(27)28-23)25(35)30-10-6-26(7-11-30)8-12-31(17-26)24(34)16-32-9-5-21(29-32)18-3-2-4-20(13-18)33(36)37/h2-5,9,13-15H,6-8,10-12,16-17H2,1H3. The van der Waals surface area contributed by atoms with Crippen molar-refractivity contribution in [1.29, 1.82) is 0 Å². The highest BCUT2D eigenvalue weighted by molar-refractivity contribution is 6.29. The first-order chi connectivity index (χ1) is 18.2. The Balaban J connectivity index is 1.17. The van der Waals surface area contributed by atoms with Crippen molar-refractivity contribution in [1.82, 2.24) is 24.6 Å². The second kappa shape index (κ2) is 10.4. The number of hydrogen-bond donors (Lipinski definition) is 0. The van der Waals surface area contributed by atoms with E-state index in [1.807, 2.05) is 9.80 Å². The van der Waals surface area contributed by atoms with E-state index < -0.39 is 4.92 Å². The van der Waals surface area contributed by atoms with Gasteiger partial charge in [-0.25, -0.2) is 4.98 Å². The van der Waals surface area contributed by atoms with Gasteiger partial charge in [0.05, 0.1) is 17.7 Å². The lowest BCUT2D eigenvalue weighted by Gasteiger charge is -2.39. The van der Waals surface area contributed by atoms with Crippen LogP contribution in [0.25, 0.3) is 11.3 Å². The summed E-state index contributed by atoms with van der Waals surface area (Å²) in [6, 6.07) is 11.2. The smallest absolute Gasteiger partial charge is 0.270 e. The lowest BCUT2D eigenvalue weighted by atomic mass is 9.77. The Morgan fingerprint density at radius 1 is 1.11 bits per heavy atom. The molecule has 2 saturated heterocycles. The first-order valence-electron chi connectivity index (χ1n) is 12.3. The molecular formula is C26H27ClN6O5. The van der Waals surface area contributed by atoms with E-state index in [0.717, 1.165) is 19.3 Å². The average Bonchev–Trinajstić information content (AvgIpc) is 3.56. The Hall–Kier alpha value is -3.99. The predicted molar refractivity (Wildman–Crippen MR) is 139 cm³/mol. The topological polar surface area (TPSA) is 124 Å². The quantitative estimate of drug-likeness (QED) is 0.266. The molecule has 0 bridgehead atoms. The molecule has 4 heterocycles. The highest BCUT2D eigenvalue weighted by Gasteiger charge is 2.42. The van der Waals surface area contributed by atoms with Gasteiger partial charge in [-0.2, -0.15) is 5.10 Å². The van der Waals surface area contributed by atoms with Crippen molar-refractivity contribution in [3.63, 3.8) is 0 Å². The number of carbonyl (C=O) groups excluding carboxylic acids is 2. The molecule has 0 saturated carbocycles. The lowest BCUT2D eigenvalue weighted by molar-refractivity contribution is -0.384. The van der Waals surface area contributed by atoms with Gasteiger partial charge in [-0.15, -0.1) is 0 Å². The van der Waals surface area contributed by atoms with Crippen LogP contribution in [0.2, 0.25) is 5.15 Å². The van der Waals surface area contributed by atoms with Gasteiger partial charge in [0, 0.05) is 61.7 Å². The van der Waals surface area contributed by atoms with E-state index in [1.54, 1.807) is 41.2 Å². The normalized spacial score (nSPS) is 16.6. The maximum atomic E-state index is 13.1. The van der Waals surface area contributed by atoms with Gasteiger partial charge in [-0.3, -0.25) is 24.4 Å². The summed E-state index contributed by atoms with van der Waals surface area (Å²) >= 11 is 6.03. The van der Waals surface area contributed by atoms with Gasteiger partial charge in [0.2, 0.25) is 11.8 Å². The molecule has 11 nitrogen and oxygen atoms in total. The molecule has 1 spiro atoms. The number of ether oxygens (including phenoxy) is 1. The monoisotopic (exact) mass is 538 g/mol. The van der Waals surface area contributed by atoms with Crippen molar-refractivity contribution >= 4 is 29.1 Å². The van der Waals surface area contributed by atoms with Crippen LogP contribution in [0.4, 0.5) is 5.69 Å². The van der Waals surface area contributed by atoms with E-state index in [0.29, 0.717) is 48.9 Å². The molecule has 2 aliphatic rings. The Labute approximate surface area is 224 Å². The molecule has 0 atom stereocenters. The minimum Gasteiger partial charge on any atom is -0.481 e. The van der Waals surface area contributed by atoms with Crippen LogP contribution in [-0.2, 0) is 11.3 Å². The molecule has 3 aromatic rings. The molecule has 2 aromatic heterocycles. The highest BCUT2D eigenvalue weighted by Crippen LogP contribution is 2.41. The number of benzene rings is 1. The second-order valence-electron chi connectivity index (χ2n) is 9.78.